The smallest absolute Gasteiger partial charge is 0.333 e. The van der Waals surface area contributed by atoms with Gasteiger partial charge in [0.05, 0.1) is 13.2 Å². The van der Waals surface area contributed by atoms with Gasteiger partial charge < -0.3 is 18.9 Å². The number of esters is 2. The third kappa shape index (κ3) is 3.88. The molecule has 2 rings (SSSR count). The van der Waals surface area contributed by atoms with E-state index in [1.807, 2.05) is 31.2 Å². The molecule has 0 radical (unpaired) electrons. The van der Waals surface area contributed by atoms with Crippen LogP contribution in [0.1, 0.15) is 31.9 Å². The van der Waals surface area contributed by atoms with Crippen molar-refractivity contribution in [3.63, 3.8) is 0 Å². The maximum Gasteiger partial charge on any atom is 0.333 e. The summed E-state index contributed by atoms with van der Waals surface area (Å²) in [5, 5.41) is 0. The molecule has 2 unspecified atom stereocenters. The Morgan fingerprint density at radius 2 is 1.71 bits per heavy atom. The van der Waals surface area contributed by atoms with Gasteiger partial charge in [-0.2, -0.15) is 0 Å². The van der Waals surface area contributed by atoms with Gasteiger partial charge in [-0.3, -0.25) is 9.59 Å². The summed E-state index contributed by atoms with van der Waals surface area (Å²) in [6, 6.07) is 7.65. The lowest BCUT2D eigenvalue weighted by Gasteiger charge is -2.30. The summed E-state index contributed by atoms with van der Waals surface area (Å²) in [4.78, 5) is 26.3. The molecule has 0 bridgehead atoms. The van der Waals surface area contributed by atoms with Crippen molar-refractivity contribution < 1.29 is 28.5 Å². The van der Waals surface area contributed by atoms with Crippen molar-refractivity contribution in [3.8, 4) is 0 Å². The topological polar surface area (TPSA) is 71.1 Å². The zero-order valence-electron chi connectivity index (χ0n) is 16.9. The largest absolute Gasteiger partial charge is 0.465 e. The van der Waals surface area contributed by atoms with E-state index in [0.29, 0.717) is 5.57 Å². The molecule has 2 atom stereocenters. The fourth-order valence-electron chi connectivity index (χ4n) is 3.28. The molecule has 1 aromatic rings. The van der Waals surface area contributed by atoms with Crippen LogP contribution in [0.5, 0.6) is 0 Å². The first kappa shape index (κ1) is 21.9. The third-order valence-electron chi connectivity index (χ3n) is 4.61. The van der Waals surface area contributed by atoms with Crippen molar-refractivity contribution in [3.05, 3.63) is 53.6 Å². The molecular formula is C22H28O6. The molecule has 1 saturated heterocycles. The number of ether oxygens (including phenoxy) is 4. The van der Waals surface area contributed by atoms with Crippen LogP contribution in [-0.2, 0) is 28.5 Å². The molecule has 1 aromatic carbocycles. The predicted octanol–water partition coefficient (Wildman–Crippen LogP) is 3.44. The summed E-state index contributed by atoms with van der Waals surface area (Å²) < 4.78 is 22.2. The number of benzene rings is 1. The molecule has 6 nitrogen and oxygen atoms in total. The Kier molecular flexibility index (Phi) is 7.54. The van der Waals surface area contributed by atoms with Crippen LogP contribution in [0.4, 0.5) is 0 Å². The summed E-state index contributed by atoms with van der Waals surface area (Å²) in [7, 11) is 0. The maximum absolute atomic E-state index is 13.2. The molecule has 0 aromatic heterocycles. The quantitative estimate of drug-likeness (QED) is 0.386. The first-order valence-corrected chi connectivity index (χ1v) is 9.48. The molecule has 28 heavy (non-hydrogen) atoms. The van der Waals surface area contributed by atoms with Gasteiger partial charge in [0, 0.05) is 6.61 Å². The van der Waals surface area contributed by atoms with Gasteiger partial charge >= 0.3 is 11.9 Å². The van der Waals surface area contributed by atoms with Crippen LogP contribution >= 0.6 is 0 Å². The lowest BCUT2D eigenvalue weighted by Crippen LogP contribution is -2.50. The van der Waals surface area contributed by atoms with E-state index in [9.17, 15) is 9.59 Å². The first-order chi connectivity index (χ1) is 13.5. The Bertz CT molecular complexity index is 733. The maximum atomic E-state index is 13.2. The number of carbonyl (C=O) groups is 2. The highest BCUT2D eigenvalue weighted by Gasteiger charge is 2.65. The predicted molar refractivity (Wildman–Crippen MR) is 105 cm³/mol. The molecule has 0 aliphatic carbocycles. The van der Waals surface area contributed by atoms with E-state index in [2.05, 4.69) is 6.58 Å². The minimum atomic E-state index is -1.86. The van der Waals surface area contributed by atoms with E-state index < -0.39 is 29.7 Å². The average Bonchev–Trinajstić information content (AvgIpc) is 2.98. The molecule has 1 aliphatic rings. The normalized spacial score (nSPS) is 22.1. The average molecular weight is 388 g/mol. The summed E-state index contributed by atoms with van der Waals surface area (Å²) >= 11 is 0. The van der Waals surface area contributed by atoms with E-state index >= 15 is 0 Å². The molecule has 152 valence electrons. The highest BCUT2D eigenvalue weighted by Crippen LogP contribution is 2.47. The van der Waals surface area contributed by atoms with Gasteiger partial charge in [-0.15, -0.1) is 6.58 Å². The van der Waals surface area contributed by atoms with Gasteiger partial charge in [0.25, 0.3) is 0 Å². The van der Waals surface area contributed by atoms with Crippen molar-refractivity contribution in [1.82, 2.24) is 0 Å². The Balaban J connectivity index is 2.76. The molecule has 0 spiro atoms. The van der Waals surface area contributed by atoms with Crippen molar-refractivity contribution in [2.24, 2.45) is 5.41 Å². The van der Waals surface area contributed by atoms with Gasteiger partial charge in [-0.05, 0) is 44.4 Å². The van der Waals surface area contributed by atoms with Crippen LogP contribution in [0.15, 0.2) is 42.5 Å². The van der Waals surface area contributed by atoms with Gasteiger partial charge in [0.15, 0.2) is 6.29 Å². The zero-order valence-corrected chi connectivity index (χ0v) is 16.9. The van der Waals surface area contributed by atoms with E-state index in [1.165, 1.54) is 6.08 Å². The Labute approximate surface area is 166 Å². The van der Waals surface area contributed by atoms with E-state index in [1.54, 1.807) is 26.8 Å². The van der Waals surface area contributed by atoms with E-state index in [4.69, 9.17) is 18.9 Å². The fourth-order valence-corrected chi connectivity index (χ4v) is 3.28. The fraction of sp³-hybridized carbons (Fsp3) is 0.455. The van der Waals surface area contributed by atoms with E-state index in [-0.39, 0.29) is 19.8 Å². The molecule has 0 N–H and O–H groups in total. The Morgan fingerprint density at radius 1 is 1.11 bits per heavy atom. The van der Waals surface area contributed by atoms with Crippen LogP contribution in [0.25, 0.3) is 6.08 Å². The zero-order chi connectivity index (χ0) is 20.7. The molecule has 1 fully saturated rings. The molecule has 6 heteroatoms. The van der Waals surface area contributed by atoms with Crippen LogP contribution in [0.3, 0.4) is 0 Å². The Hall–Kier alpha value is -2.44. The summed E-state index contributed by atoms with van der Waals surface area (Å²) in [5.74, 6) is -1.51. The number of hydrogen-bond donors (Lipinski definition) is 0. The molecule has 1 heterocycles. The second kappa shape index (κ2) is 9.66. The van der Waals surface area contributed by atoms with Crippen LogP contribution < -0.4 is 0 Å². The van der Waals surface area contributed by atoms with Crippen molar-refractivity contribution in [2.75, 3.05) is 19.8 Å². The minimum absolute atomic E-state index is 0.106. The van der Waals surface area contributed by atoms with Crippen LogP contribution in [-0.4, -0.2) is 44.2 Å². The third-order valence-corrected chi connectivity index (χ3v) is 4.61. The number of carbonyl (C=O) groups excluding carboxylic acids is 2. The van der Waals surface area contributed by atoms with Crippen molar-refractivity contribution >= 4 is 18.0 Å². The molecule has 0 saturated carbocycles. The Morgan fingerprint density at radius 3 is 2.21 bits per heavy atom. The van der Waals surface area contributed by atoms with Gasteiger partial charge in [-0.1, -0.05) is 36.4 Å². The van der Waals surface area contributed by atoms with E-state index in [0.717, 1.165) is 11.1 Å². The van der Waals surface area contributed by atoms with Gasteiger partial charge in [0.1, 0.15) is 6.10 Å². The lowest BCUT2D eigenvalue weighted by atomic mass is 9.77. The standard InChI is InChI=1S/C22H28O6/c1-6-18-17(14-16-13-11-10-12-15(16)5)22(19(23)25-7-2,20(24)26-8-3)21(28-18)27-9-4/h6,10-14,18,21H,1,7-9H2,2-5H3/b17-14+. The van der Waals surface area contributed by atoms with Gasteiger partial charge in [0.2, 0.25) is 5.41 Å². The number of aryl methyl sites for hydroxylation is 1. The molecule has 1 aliphatic heterocycles. The second-order valence-electron chi connectivity index (χ2n) is 6.28. The SMILES string of the molecule is C=CC1OC(OCC)C(C(=O)OCC)(C(=O)OCC)/C1=C/c1ccccc1C. The number of hydrogen-bond acceptors (Lipinski definition) is 6. The summed E-state index contributed by atoms with van der Waals surface area (Å²) in [6.07, 6.45) is 1.43. The monoisotopic (exact) mass is 388 g/mol. The second-order valence-corrected chi connectivity index (χ2v) is 6.28. The van der Waals surface area contributed by atoms with Crippen molar-refractivity contribution in [1.29, 1.82) is 0 Å². The van der Waals surface area contributed by atoms with Crippen LogP contribution in [0.2, 0.25) is 0 Å². The minimum Gasteiger partial charge on any atom is -0.465 e. The summed E-state index contributed by atoms with van der Waals surface area (Å²) in [6.45, 7) is 11.3. The van der Waals surface area contributed by atoms with Crippen molar-refractivity contribution in [2.45, 2.75) is 40.1 Å². The molecule has 0 amide bonds. The highest BCUT2D eigenvalue weighted by molar-refractivity contribution is 6.06. The van der Waals surface area contributed by atoms with Crippen LogP contribution in [0, 0.1) is 12.3 Å². The molecular weight excluding hydrogens is 360 g/mol. The first-order valence-electron chi connectivity index (χ1n) is 9.48. The lowest BCUT2D eigenvalue weighted by molar-refractivity contribution is -0.202. The summed E-state index contributed by atoms with van der Waals surface area (Å²) in [5.41, 5.74) is 0.373. The highest BCUT2D eigenvalue weighted by atomic mass is 16.7. The number of rotatable bonds is 8. The van der Waals surface area contributed by atoms with Gasteiger partial charge in [-0.25, -0.2) is 0 Å².